The highest BCUT2D eigenvalue weighted by atomic mass is 16.4. The Balaban J connectivity index is 2.36. The molecule has 0 amide bonds. The van der Waals surface area contributed by atoms with Crippen molar-refractivity contribution in [3.63, 3.8) is 0 Å². The molecule has 1 N–H and O–H groups in total. The van der Waals surface area contributed by atoms with Gasteiger partial charge in [0, 0.05) is 17.8 Å². The van der Waals surface area contributed by atoms with Crippen molar-refractivity contribution >= 4 is 16.7 Å². The van der Waals surface area contributed by atoms with Gasteiger partial charge in [0.1, 0.15) is 0 Å². The molecular weight excluding hydrogens is 250 g/mol. The first kappa shape index (κ1) is 12.4. The summed E-state index contributed by atoms with van der Waals surface area (Å²) in [7, 11) is 0. The summed E-state index contributed by atoms with van der Waals surface area (Å²) < 4.78 is 0. The molecule has 0 saturated carbocycles. The predicted octanol–water partition coefficient (Wildman–Crippen LogP) is 3.91. The molecule has 0 aliphatic heterocycles. The Kier molecular flexibility index (Phi) is 2.95. The summed E-state index contributed by atoms with van der Waals surface area (Å²) in [4.78, 5) is 15.6. The number of nitrogens with zero attached hydrogens (tertiary/aromatic N) is 1. The second-order valence-electron chi connectivity index (χ2n) is 4.76. The van der Waals surface area contributed by atoms with Crippen LogP contribution in [0.3, 0.4) is 0 Å². The topological polar surface area (TPSA) is 50.2 Å². The first-order valence-electron chi connectivity index (χ1n) is 6.34. The summed E-state index contributed by atoms with van der Waals surface area (Å²) in [6, 6.07) is 13.2. The summed E-state index contributed by atoms with van der Waals surface area (Å²) in [5.74, 6) is -0.916. The van der Waals surface area contributed by atoms with Crippen molar-refractivity contribution in [2.75, 3.05) is 0 Å². The smallest absolute Gasteiger partial charge is 0.336 e. The number of carboxylic acid groups (broad SMARTS) is 1. The normalized spacial score (nSPS) is 10.7. The highest BCUT2D eigenvalue weighted by molar-refractivity contribution is 6.03. The minimum Gasteiger partial charge on any atom is -0.478 e. The molecule has 0 aliphatic rings. The first-order chi connectivity index (χ1) is 9.66. The fraction of sp³-hybridized carbons (Fsp3) is 0.0588. The number of rotatable bonds is 2. The lowest BCUT2D eigenvalue weighted by molar-refractivity contribution is 0.0698. The molecule has 0 atom stereocenters. The maximum atomic E-state index is 11.4. The fourth-order valence-corrected chi connectivity index (χ4v) is 2.42. The lowest BCUT2D eigenvalue weighted by Gasteiger charge is -2.10. The quantitative estimate of drug-likeness (QED) is 0.762. The molecule has 0 aliphatic carbocycles. The van der Waals surface area contributed by atoms with E-state index in [9.17, 15) is 9.90 Å². The second-order valence-corrected chi connectivity index (χ2v) is 4.76. The van der Waals surface area contributed by atoms with Crippen LogP contribution in [0, 0.1) is 6.92 Å². The van der Waals surface area contributed by atoms with E-state index >= 15 is 0 Å². The number of pyridine rings is 1. The Morgan fingerprint density at radius 3 is 2.75 bits per heavy atom. The summed E-state index contributed by atoms with van der Waals surface area (Å²) in [5, 5.41) is 11.4. The van der Waals surface area contributed by atoms with Crippen LogP contribution < -0.4 is 0 Å². The monoisotopic (exact) mass is 263 g/mol. The molecule has 3 aromatic rings. The van der Waals surface area contributed by atoms with Crippen molar-refractivity contribution in [2.24, 2.45) is 0 Å². The van der Waals surface area contributed by atoms with E-state index in [2.05, 4.69) is 4.98 Å². The highest BCUT2D eigenvalue weighted by Crippen LogP contribution is 2.31. The molecule has 0 bridgehead atoms. The van der Waals surface area contributed by atoms with Gasteiger partial charge in [0.2, 0.25) is 0 Å². The van der Waals surface area contributed by atoms with Crippen LogP contribution in [0.1, 0.15) is 15.9 Å². The molecular formula is C17H13NO2. The van der Waals surface area contributed by atoms with Gasteiger partial charge in [-0.1, -0.05) is 35.9 Å². The van der Waals surface area contributed by atoms with Gasteiger partial charge in [-0.25, -0.2) is 4.79 Å². The average Bonchev–Trinajstić information content (AvgIpc) is 2.46. The number of hydrogen-bond donors (Lipinski definition) is 1. The van der Waals surface area contributed by atoms with Gasteiger partial charge >= 0.3 is 5.97 Å². The second kappa shape index (κ2) is 4.78. The molecule has 1 aromatic heterocycles. The van der Waals surface area contributed by atoms with E-state index in [0.717, 1.165) is 27.5 Å². The van der Waals surface area contributed by atoms with Crippen LogP contribution in [0.25, 0.3) is 21.9 Å². The third-order valence-corrected chi connectivity index (χ3v) is 3.38. The summed E-state index contributed by atoms with van der Waals surface area (Å²) in [5.41, 5.74) is 2.98. The van der Waals surface area contributed by atoms with E-state index in [1.165, 1.54) is 0 Å². The van der Waals surface area contributed by atoms with Crippen LogP contribution in [0.2, 0.25) is 0 Å². The number of fused-ring (bicyclic) bond motifs is 1. The lowest BCUT2D eigenvalue weighted by atomic mass is 9.94. The van der Waals surface area contributed by atoms with E-state index in [-0.39, 0.29) is 0 Å². The number of aryl methyl sites for hydroxylation is 1. The summed E-state index contributed by atoms with van der Waals surface area (Å²) in [6.45, 7) is 1.96. The minimum absolute atomic E-state index is 0.312. The standard InChI is InChI=1S/C17H13NO2/c1-11-5-6-14(17(19)20)15(9-11)13-4-2-3-12-7-8-18-10-16(12)13/h2-10H,1H3,(H,19,20). The summed E-state index contributed by atoms with van der Waals surface area (Å²) >= 11 is 0. The van der Waals surface area contributed by atoms with Gasteiger partial charge in [-0.15, -0.1) is 0 Å². The van der Waals surface area contributed by atoms with Crippen LogP contribution in [-0.2, 0) is 0 Å². The van der Waals surface area contributed by atoms with Gasteiger partial charge in [0.15, 0.2) is 0 Å². The largest absolute Gasteiger partial charge is 0.478 e. The van der Waals surface area contributed by atoms with Crippen molar-refractivity contribution in [3.8, 4) is 11.1 Å². The van der Waals surface area contributed by atoms with Crippen molar-refractivity contribution in [2.45, 2.75) is 6.92 Å². The Labute approximate surface area is 116 Å². The average molecular weight is 263 g/mol. The lowest BCUT2D eigenvalue weighted by Crippen LogP contribution is -2.00. The molecule has 0 unspecified atom stereocenters. The Morgan fingerprint density at radius 1 is 1.10 bits per heavy atom. The molecule has 0 radical (unpaired) electrons. The van der Waals surface area contributed by atoms with Crippen LogP contribution >= 0.6 is 0 Å². The Bertz CT molecular complexity index is 804. The van der Waals surface area contributed by atoms with Crippen molar-refractivity contribution in [1.82, 2.24) is 4.98 Å². The molecule has 2 aromatic carbocycles. The van der Waals surface area contributed by atoms with Gasteiger partial charge in [-0.2, -0.15) is 0 Å². The van der Waals surface area contributed by atoms with Crippen molar-refractivity contribution < 1.29 is 9.90 Å². The van der Waals surface area contributed by atoms with Crippen LogP contribution in [0.15, 0.2) is 54.9 Å². The molecule has 0 fully saturated rings. The third kappa shape index (κ3) is 2.03. The minimum atomic E-state index is -0.916. The molecule has 98 valence electrons. The molecule has 3 nitrogen and oxygen atoms in total. The van der Waals surface area contributed by atoms with Gasteiger partial charge in [-0.05, 0) is 35.6 Å². The van der Waals surface area contributed by atoms with Crippen LogP contribution in [-0.4, -0.2) is 16.1 Å². The van der Waals surface area contributed by atoms with E-state index in [1.807, 2.05) is 43.3 Å². The van der Waals surface area contributed by atoms with Gasteiger partial charge < -0.3 is 5.11 Å². The van der Waals surface area contributed by atoms with E-state index < -0.39 is 5.97 Å². The maximum Gasteiger partial charge on any atom is 0.336 e. The van der Waals surface area contributed by atoms with E-state index in [0.29, 0.717) is 5.56 Å². The maximum absolute atomic E-state index is 11.4. The van der Waals surface area contributed by atoms with Crippen LogP contribution in [0.5, 0.6) is 0 Å². The first-order valence-corrected chi connectivity index (χ1v) is 6.34. The number of aromatic carboxylic acids is 1. The predicted molar refractivity (Wildman–Crippen MR) is 78.9 cm³/mol. The van der Waals surface area contributed by atoms with Crippen molar-refractivity contribution in [3.05, 3.63) is 66.0 Å². The molecule has 20 heavy (non-hydrogen) atoms. The number of benzene rings is 2. The zero-order valence-corrected chi connectivity index (χ0v) is 11.0. The number of hydrogen-bond acceptors (Lipinski definition) is 2. The van der Waals surface area contributed by atoms with E-state index in [1.54, 1.807) is 18.5 Å². The Morgan fingerprint density at radius 2 is 1.95 bits per heavy atom. The van der Waals surface area contributed by atoms with E-state index in [4.69, 9.17) is 0 Å². The fourth-order valence-electron chi connectivity index (χ4n) is 2.42. The number of carboxylic acids is 1. The number of carbonyl (C=O) groups is 1. The van der Waals surface area contributed by atoms with Crippen molar-refractivity contribution in [1.29, 1.82) is 0 Å². The molecule has 0 spiro atoms. The van der Waals surface area contributed by atoms with Crippen LogP contribution in [0.4, 0.5) is 0 Å². The number of aromatic nitrogens is 1. The van der Waals surface area contributed by atoms with Gasteiger partial charge in [0.25, 0.3) is 0 Å². The SMILES string of the molecule is Cc1ccc(C(=O)O)c(-c2cccc3ccncc23)c1. The highest BCUT2D eigenvalue weighted by Gasteiger charge is 2.13. The van der Waals surface area contributed by atoms with Gasteiger partial charge in [0.05, 0.1) is 5.56 Å². The molecule has 3 rings (SSSR count). The zero-order chi connectivity index (χ0) is 14.1. The molecule has 3 heteroatoms. The zero-order valence-electron chi connectivity index (χ0n) is 11.0. The summed E-state index contributed by atoms with van der Waals surface area (Å²) in [6.07, 6.45) is 3.51. The third-order valence-electron chi connectivity index (χ3n) is 3.38. The molecule has 1 heterocycles. The van der Waals surface area contributed by atoms with Gasteiger partial charge in [-0.3, -0.25) is 4.98 Å². The molecule has 0 saturated heterocycles. The Hall–Kier alpha value is -2.68.